The Hall–Kier alpha value is -2.76. The Morgan fingerprint density at radius 2 is 1.71 bits per heavy atom. The lowest BCUT2D eigenvalue weighted by Crippen LogP contribution is -2.50. The van der Waals surface area contributed by atoms with Crippen LogP contribution in [0.3, 0.4) is 0 Å². The summed E-state index contributed by atoms with van der Waals surface area (Å²) in [6.07, 6.45) is -0.700. The smallest absolute Gasteiger partial charge is 0.409 e. The van der Waals surface area contributed by atoms with Gasteiger partial charge >= 0.3 is 12.1 Å². The Morgan fingerprint density at radius 1 is 1.09 bits per heavy atom. The van der Waals surface area contributed by atoms with E-state index in [-0.39, 0.29) is 36.7 Å². The molecule has 35 heavy (non-hydrogen) atoms. The van der Waals surface area contributed by atoms with Crippen LogP contribution in [0.5, 0.6) is 0 Å². The van der Waals surface area contributed by atoms with Crippen LogP contribution in [0.4, 0.5) is 13.6 Å². The normalized spacial score (nSPS) is 16.5. The number of aliphatic carboxylic acids is 1. The highest BCUT2D eigenvalue weighted by Crippen LogP contribution is 2.37. The van der Waals surface area contributed by atoms with E-state index in [0.717, 1.165) is 18.2 Å². The van der Waals surface area contributed by atoms with Crippen molar-refractivity contribution < 1.29 is 36.6 Å². The van der Waals surface area contributed by atoms with E-state index >= 15 is 0 Å². The molecule has 190 valence electrons. The average Bonchev–Trinajstić information content (AvgIpc) is 2.80. The largest absolute Gasteiger partial charge is 0.480 e. The van der Waals surface area contributed by atoms with Crippen LogP contribution in [0.25, 0.3) is 0 Å². The van der Waals surface area contributed by atoms with Gasteiger partial charge in [0.05, 0.1) is 23.3 Å². The number of rotatable bonds is 8. The van der Waals surface area contributed by atoms with E-state index in [4.69, 9.17) is 21.4 Å². The number of carboxylic acid groups (broad SMARTS) is 1. The summed E-state index contributed by atoms with van der Waals surface area (Å²) in [5.41, 5.74) is -0.370. The molecule has 1 heterocycles. The van der Waals surface area contributed by atoms with E-state index in [1.807, 2.05) is 0 Å². The summed E-state index contributed by atoms with van der Waals surface area (Å²) >= 11 is 5.86. The van der Waals surface area contributed by atoms with Crippen molar-refractivity contribution in [3.63, 3.8) is 0 Å². The molecule has 0 saturated carbocycles. The molecule has 2 aromatic carbocycles. The molecule has 0 radical (unpaired) electrons. The summed E-state index contributed by atoms with van der Waals surface area (Å²) in [7, 11) is -4.23. The molecule has 8 nitrogen and oxygen atoms in total. The van der Waals surface area contributed by atoms with E-state index in [1.54, 1.807) is 4.90 Å². The van der Waals surface area contributed by atoms with Crippen molar-refractivity contribution in [2.45, 2.75) is 17.1 Å². The number of benzene rings is 2. The van der Waals surface area contributed by atoms with E-state index in [9.17, 15) is 26.8 Å². The van der Waals surface area contributed by atoms with Gasteiger partial charge < -0.3 is 14.7 Å². The minimum absolute atomic E-state index is 0.136. The number of hydrogen-bond acceptors (Lipinski definition) is 6. The van der Waals surface area contributed by atoms with Crippen molar-refractivity contribution in [2.24, 2.45) is 5.92 Å². The molecule has 0 spiro atoms. The Morgan fingerprint density at radius 3 is 2.31 bits per heavy atom. The SMILES string of the molecule is C[C@H](COC(=O)N1CCN(CC(=O)O)CC1)[C@@H](c1cc(F)ccc1F)S(=O)(=O)c1ccc(Cl)cc1. The molecule has 0 aromatic heterocycles. The fraction of sp³-hybridized carbons (Fsp3) is 0.391. The van der Waals surface area contributed by atoms with Crippen molar-refractivity contribution in [1.82, 2.24) is 9.80 Å². The first-order valence-corrected chi connectivity index (χ1v) is 12.7. The first kappa shape index (κ1) is 26.8. The summed E-state index contributed by atoms with van der Waals surface area (Å²) < 4.78 is 61.0. The van der Waals surface area contributed by atoms with E-state index in [1.165, 1.54) is 36.1 Å². The van der Waals surface area contributed by atoms with Crippen molar-refractivity contribution in [1.29, 1.82) is 0 Å². The van der Waals surface area contributed by atoms with Crippen LogP contribution in [-0.2, 0) is 19.4 Å². The fourth-order valence-corrected chi connectivity index (χ4v) is 6.08. The number of ether oxygens (including phenoxy) is 1. The fourth-order valence-electron chi connectivity index (χ4n) is 3.94. The summed E-state index contributed by atoms with van der Waals surface area (Å²) in [5.74, 6) is -3.61. The average molecular weight is 531 g/mol. The second-order valence-electron chi connectivity index (χ2n) is 8.30. The van der Waals surface area contributed by atoms with Crippen molar-refractivity contribution >= 4 is 33.5 Å². The molecule has 1 saturated heterocycles. The minimum atomic E-state index is -4.23. The van der Waals surface area contributed by atoms with Gasteiger partial charge in [-0.2, -0.15) is 0 Å². The molecule has 1 amide bonds. The third-order valence-electron chi connectivity index (χ3n) is 5.72. The molecule has 1 fully saturated rings. The number of carbonyl (C=O) groups is 2. The topological polar surface area (TPSA) is 104 Å². The summed E-state index contributed by atoms with van der Waals surface area (Å²) in [6.45, 7) is 2.14. The third-order valence-corrected chi connectivity index (χ3v) is 8.29. The molecule has 0 aliphatic carbocycles. The van der Waals surface area contributed by atoms with E-state index in [0.29, 0.717) is 18.1 Å². The van der Waals surface area contributed by atoms with Gasteiger partial charge in [0.25, 0.3) is 0 Å². The maximum Gasteiger partial charge on any atom is 0.409 e. The van der Waals surface area contributed by atoms with Crippen LogP contribution in [-0.4, -0.2) is 74.7 Å². The number of hydrogen-bond donors (Lipinski definition) is 1. The molecule has 1 N–H and O–H groups in total. The van der Waals surface area contributed by atoms with E-state index in [2.05, 4.69) is 0 Å². The van der Waals surface area contributed by atoms with Gasteiger partial charge in [-0.1, -0.05) is 18.5 Å². The van der Waals surface area contributed by atoms with Crippen LogP contribution < -0.4 is 0 Å². The quantitative estimate of drug-likeness (QED) is 0.556. The van der Waals surface area contributed by atoms with Crippen LogP contribution in [0.1, 0.15) is 17.7 Å². The molecule has 1 aliphatic heterocycles. The van der Waals surface area contributed by atoms with Crippen LogP contribution in [0.2, 0.25) is 5.02 Å². The molecule has 0 bridgehead atoms. The number of nitrogens with zero attached hydrogens (tertiary/aromatic N) is 2. The lowest BCUT2D eigenvalue weighted by Gasteiger charge is -2.33. The molecule has 0 unspecified atom stereocenters. The number of piperazine rings is 1. The lowest BCUT2D eigenvalue weighted by molar-refractivity contribution is -0.138. The standard InChI is InChI=1S/C23H25ClF2N2O6S/c1-15(14-34-23(31)28-10-8-27(9-11-28)13-21(29)30)22(19-12-17(25)4-7-20(19)26)35(32,33)18-5-2-16(24)3-6-18/h2-7,12,15,22H,8-11,13-14H2,1H3,(H,29,30)/t15-,22+/m1/s1. The highest BCUT2D eigenvalue weighted by atomic mass is 35.5. The maximum atomic E-state index is 14.7. The van der Waals surface area contributed by atoms with Gasteiger partial charge in [-0.3, -0.25) is 9.69 Å². The Kier molecular flexibility index (Phi) is 8.68. The Bertz CT molecular complexity index is 1170. The number of sulfone groups is 1. The number of carboxylic acids is 1. The number of amides is 1. The number of carbonyl (C=O) groups excluding carboxylic acids is 1. The molecular formula is C23H25ClF2N2O6S. The first-order chi connectivity index (χ1) is 16.5. The monoisotopic (exact) mass is 530 g/mol. The van der Waals surface area contributed by atoms with E-state index < -0.39 is 44.7 Å². The molecule has 1 aliphatic rings. The molecule has 2 aromatic rings. The zero-order chi connectivity index (χ0) is 25.8. The third kappa shape index (κ3) is 6.68. The zero-order valence-corrected chi connectivity index (χ0v) is 20.4. The molecule has 2 atom stereocenters. The maximum absolute atomic E-state index is 14.7. The van der Waals surface area contributed by atoms with Gasteiger partial charge in [-0.25, -0.2) is 22.0 Å². The van der Waals surface area contributed by atoms with Crippen LogP contribution in [0.15, 0.2) is 47.4 Å². The van der Waals surface area contributed by atoms with Crippen LogP contribution >= 0.6 is 11.6 Å². The van der Waals surface area contributed by atoms with Gasteiger partial charge in [0.2, 0.25) is 0 Å². The number of halogens is 3. The van der Waals surface area contributed by atoms with Gasteiger partial charge in [0.1, 0.15) is 11.6 Å². The lowest BCUT2D eigenvalue weighted by atomic mass is 10.0. The van der Waals surface area contributed by atoms with Gasteiger partial charge in [-0.05, 0) is 42.5 Å². The Balaban J connectivity index is 1.78. The summed E-state index contributed by atoms with van der Waals surface area (Å²) in [6, 6.07) is 7.87. The van der Waals surface area contributed by atoms with Gasteiger partial charge in [0.15, 0.2) is 9.84 Å². The zero-order valence-electron chi connectivity index (χ0n) is 18.9. The predicted octanol–water partition coefficient (Wildman–Crippen LogP) is 3.61. The van der Waals surface area contributed by atoms with Crippen molar-refractivity contribution in [2.75, 3.05) is 39.3 Å². The second-order valence-corrected chi connectivity index (χ2v) is 10.8. The molecule has 12 heteroatoms. The second kappa shape index (κ2) is 11.3. The first-order valence-electron chi connectivity index (χ1n) is 10.8. The predicted molar refractivity (Wildman–Crippen MR) is 124 cm³/mol. The minimum Gasteiger partial charge on any atom is -0.480 e. The van der Waals surface area contributed by atoms with Crippen molar-refractivity contribution in [3.05, 3.63) is 64.7 Å². The Labute approximate surface area is 207 Å². The van der Waals surface area contributed by atoms with Crippen LogP contribution in [0, 0.1) is 17.6 Å². The highest BCUT2D eigenvalue weighted by molar-refractivity contribution is 7.91. The summed E-state index contributed by atoms with van der Waals surface area (Å²) in [5, 5.41) is 7.64. The molecule has 3 rings (SSSR count). The summed E-state index contributed by atoms with van der Waals surface area (Å²) in [4.78, 5) is 26.3. The van der Waals surface area contributed by atoms with Crippen molar-refractivity contribution in [3.8, 4) is 0 Å². The van der Waals surface area contributed by atoms with Gasteiger partial charge in [-0.15, -0.1) is 0 Å². The highest BCUT2D eigenvalue weighted by Gasteiger charge is 2.37. The van der Waals surface area contributed by atoms with Gasteiger partial charge in [0, 0.05) is 42.7 Å². The molecular weight excluding hydrogens is 506 g/mol.